The Morgan fingerprint density at radius 1 is 1.00 bits per heavy atom. The van der Waals surface area contributed by atoms with Crippen molar-refractivity contribution in [2.24, 2.45) is 0 Å². The highest BCUT2D eigenvalue weighted by Gasteiger charge is 2.35. The summed E-state index contributed by atoms with van der Waals surface area (Å²) in [5, 5.41) is 3.35. The van der Waals surface area contributed by atoms with Crippen LogP contribution in [0.1, 0.15) is 73.6 Å². The van der Waals surface area contributed by atoms with Crippen LogP contribution in [0.25, 0.3) is 0 Å². The highest BCUT2D eigenvalue weighted by atomic mass is 16.6. The lowest BCUT2D eigenvalue weighted by Gasteiger charge is -2.27. The number of nitrogens with one attached hydrogen (secondary N) is 1. The molecule has 4 nitrogen and oxygen atoms in total. The summed E-state index contributed by atoms with van der Waals surface area (Å²) in [6, 6.07) is 7.68. The van der Waals surface area contributed by atoms with Crippen molar-refractivity contribution in [3.8, 4) is 5.75 Å². The van der Waals surface area contributed by atoms with E-state index in [9.17, 15) is 4.79 Å². The number of anilines is 1. The molecule has 1 aromatic rings. The SMILES string of the molecule is CCCC.CCCCNc1ccc(OC(C)(CC)C(=O)OCC)cc1. The minimum absolute atomic E-state index is 0.322. The van der Waals surface area contributed by atoms with Gasteiger partial charge in [0, 0.05) is 12.2 Å². The maximum Gasteiger partial charge on any atom is 0.350 e. The van der Waals surface area contributed by atoms with Crippen LogP contribution in [0.4, 0.5) is 5.69 Å². The van der Waals surface area contributed by atoms with Crippen molar-refractivity contribution >= 4 is 11.7 Å². The van der Waals surface area contributed by atoms with Crippen LogP contribution < -0.4 is 10.1 Å². The lowest BCUT2D eigenvalue weighted by Crippen LogP contribution is -2.42. The Morgan fingerprint density at radius 2 is 1.60 bits per heavy atom. The van der Waals surface area contributed by atoms with Crippen LogP contribution >= 0.6 is 0 Å². The molecule has 144 valence electrons. The van der Waals surface area contributed by atoms with Crippen molar-refractivity contribution < 1.29 is 14.3 Å². The second kappa shape index (κ2) is 13.6. The standard InChI is InChI=1S/C17H27NO3.C4H10/c1-5-8-13-18-14-9-11-15(12-10-14)21-17(4,6-2)16(19)20-7-3;1-3-4-2/h9-12,18H,5-8,13H2,1-4H3;3-4H2,1-2H3. The Kier molecular flexibility index (Phi) is 12.6. The number of carbonyl (C=O) groups is 1. The molecule has 1 atom stereocenters. The van der Waals surface area contributed by atoms with E-state index >= 15 is 0 Å². The topological polar surface area (TPSA) is 47.6 Å². The number of ether oxygens (including phenoxy) is 2. The summed E-state index contributed by atoms with van der Waals surface area (Å²) in [6.07, 6.45) is 5.51. The average molecular weight is 352 g/mol. The van der Waals surface area contributed by atoms with Gasteiger partial charge in [-0.2, -0.15) is 0 Å². The molecule has 1 aromatic carbocycles. The normalized spacial score (nSPS) is 12.4. The molecule has 0 saturated carbocycles. The number of carbonyl (C=O) groups excluding carboxylic acids is 1. The number of unbranched alkanes of at least 4 members (excludes halogenated alkanes) is 2. The van der Waals surface area contributed by atoms with Crippen LogP contribution in [0.2, 0.25) is 0 Å². The van der Waals surface area contributed by atoms with Gasteiger partial charge in [0.1, 0.15) is 5.75 Å². The molecule has 0 aliphatic carbocycles. The Bertz CT molecular complexity index is 457. The van der Waals surface area contributed by atoms with E-state index in [1.54, 1.807) is 13.8 Å². The first-order valence-electron chi connectivity index (χ1n) is 9.67. The first-order valence-corrected chi connectivity index (χ1v) is 9.67. The van der Waals surface area contributed by atoms with Crippen molar-refractivity contribution in [2.45, 2.75) is 79.2 Å². The lowest BCUT2D eigenvalue weighted by molar-refractivity contribution is -0.160. The minimum atomic E-state index is -0.937. The maximum atomic E-state index is 12.0. The molecule has 1 rings (SSSR count). The molecule has 1 unspecified atom stereocenters. The van der Waals surface area contributed by atoms with E-state index in [2.05, 4.69) is 26.1 Å². The maximum absolute atomic E-state index is 12.0. The highest BCUT2D eigenvalue weighted by Crippen LogP contribution is 2.24. The summed E-state index contributed by atoms with van der Waals surface area (Å²) >= 11 is 0. The fraction of sp³-hybridized carbons (Fsp3) is 0.667. The Balaban J connectivity index is 0.00000129. The molecule has 0 heterocycles. The van der Waals surface area contributed by atoms with Crippen molar-refractivity contribution in [1.82, 2.24) is 0 Å². The second-order valence-electron chi connectivity index (χ2n) is 6.21. The molecule has 1 N–H and O–H groups in total. The molecular weight excluding hydrogens is 314 g/mol. The molecule has 0 radical (unpaired) electrons. The number of hydrogen-bond acceptors (Lipinski definition) is 4. The molecule has 0 fully saturated rings. The van der Waals surface area contributed by atoms with Gasteiger partial charge in [-0.05, 0) is 51.0 Å². The third-order valence-electron chi connectivity index (χ3n) is 3.94. The van der Waals surface area contributed by atoms with Gasteiger partial charge in [-0.3, -0.25) is 0 Å². The number of benzene rings is 1. The zero-order valence-corrected chi connectivity index (χ0v) is 17.0. The number of esters is 1. The van der Waals surface area contributed by atoms with Gasteiger partial charge in [0.15, 0.2) is 0 Å². The van der Waals surface area contributed by atoms with Crippen molar-refractivity contribution in [3.05, 3.63) is 24.3 Å². The Hall–Kier alpha value is -1.71. The molecule has 0 aliphatic heterocycles. The first kappa shape index (κ1) is 23.3. The van der Waals surface area contributed by atoms with Gasteiger partial charge in [-0.1, -0.05) is 47.0 Å². The number of rotatable bonds is 10. The molecular formula is C21H37NO3. The van der Waals surface area contributed by atoms with Gasteiger partial charge in [0.25, 0.3) is 0 Å². The molecule has 4 heteroatoms. The average Bonchev–Trinajstić information content (AvgIpc) is 2.63. The van der Waals surface area contributed by atoms with E-state index in [-0.39, 0.29) is 5.97 Å². The van der Waals surface area contributed by atoms with Crippen LogP contribution in [0.15, 0.2) is 24.3 Å². The zero-order chi connectivity index (χ0) is 19.1. The zero-order valence-electron chi connectivity index (χ0n) is 17.0. The predicted octanol–water partition coefficient (Wildman–Crippen LogP) is 5.82. The summed E-state index contributed by atoms with van der Waals surface area (Å²) in [5.41, 5.74) is 0.123. The third kappa shape index (κ3) is 9.37. The van der Waals surface area contributed by atoms with Crippen LogP contribution in [0.3, 0.4) is 0 Å². The summed E-state index contributed by atoms with van der Waals surface area (Å²) in [5.74, 6) is 0.353. The highest BCUT2D eigenvalue weighted by molar-refractivity contribution is 5.79. The molecule has 0 saturated heterocycles. The molecule has 0 bridgehead atoms. The van der Waals surface area contributed by atoms with Gasteiger partial charge in [0.05, 0.1) is 6.61 Å². The van der Waals surface area contributed by atoms with E-state index in [0.29, 0.717) is 18.8 Å². The first-order chi connectivity index (χ1) is 12.0. The van der Waals surface area contributed by atoms with Crippen LogP contribution in [0, 0.1) is 0 Å². The fourth-order valence-corrected chi connectivity index (χ4v) is 1.85. The van der Waals surface area contributed by atoms with Gasteiger partial charge < -0.3 is 14.8 Å². The molecule has 0 amide bonds. The van der Waals surface area contributed by atoms with Crippen molar-refractivity contribution in [1.29, 1.82) is 0 Å². The van der Waals surface area contributed by atoms with Crippen molar-refractivity contribution in [3.63, 3.8) is 0 Å². The van der Waals surface area contributed by atoms with Gasteiger partial charge >= 0.3 is 5.97 Å². The van der Waals surface area contributed by atoms with E-state index in [1.807, 2.05) is 31.2 Å². The third-order valence-corrected chi connectivity index (χ3v) is 3.94. The van der Waals surface area contributed by atoms with E-state index in [1.165, 1.54) is 19.3 Å². The summed E-state index contributed by atoms with van der Waals surface area (Å²) in [7, 11) is 0. The fourth-order valence-electron chi connectivity index (χ4n) is 1.85. The largest absolute Gasteiger partial charge is 0.476 e. The quantitative estimate of drug-likeness (QED) is 0.426. The monoisotopic (exact) mass is 351 g/mol. The molecule has 0 aliphatic rings. The molecule has 0 aromatic heterocycles. The minimum Gasteiger partial charge on any atom is -0.476 e. The smallest absolute Gasteiger partial charge is 0.350 e. The van der Waals surface area contributed by atoms with Crippen molar-refractivity contribution in [2.75, 3.05) is 18.5 Å². The second-order valence-corrected chi connectivity index (χ2v) is 6.21. The van der Waals surface area contributed by atoms with Crippen LogP contribution in [-0.2, 0) is 9.53 Å². The number of hydrogen-bond donors (Lipinski definition) is 1. The van der Waals surface area contributed by atoms with E-state index in [0.717, 1.165) is 18.7 Å². The lowest BCUT2D eigenvalue weighted by atomic mass is 10.0. The van der Waals surface area contributed by atoms with Gasteiger partial charge in [0.2, 0.25) is 5.60 Å². The summed E-state index contributed by atoms with van der Waals surface area (Å²) < 4.78 is 10.9. The van der Waals surface area contributed by atoms with E-state index in [4.69, 9.17) is 9.47 Å². The Labute approximate surface area is 154 Å². The predicted molar refractivity (Wildman–Crippen MR) is 106 cm³/mol. The van der Waals surface area contributed by atoms with Crippen LogP contribution in [0.5, 0.6) is 5.75 Å². The summed E-state index contributed by atoms with van der Waals surface area (Å²) in [6.45, 7) is 13.3. The Morgan fingerprint density at radius 3 is 2.04 bits per heavy atom. The summed E-state index contributed by atoms with van der Waals surface area (Å²) in [4.78, 5) is 12.0. The molecule has 0 spiro atoms. The van der Waals surface area contributed by atoms with E-state index < -0.39 is 5.60 Å². The molecule has 25 heavy (non-hydrogen) atoms. The van der Waals surface area contributed by atoms with Crippen LogP contribution in [-0.4, -0.2) is 24.7 Å². The van der Waals surface area contributed by atoms with Gasteiger partial charge in [-0.25, -0.2) is 4.79 Å². The van der Waals surface area contributed by atoms with Gasteiger partial charge in [-0.15, -0.1) is 0 Å².